The first-order valence-electron chi connectivity index (χ1n) is 12.3. The fraction of sp³-hybridized carbons (Fsp3) is 0.167. The Kier molecular flexibility index (Phi) is 5.75. The Morgan fingerprint density at radius 3 is 2.16 bits per heavy atom. The lowest BCUT2D eigenvalue weighted by atomic mass is 9.76. The highest BCUT2D eigenvalue weighted by Gasteiger charge is 2.41. The number of allylic oxidation sites excluding steroid dienone is 2. The quantitative estimate of drug-likeness (QED) is 0.332. The minimum atomic E-state index is -0.496. The van der Waals surface area contributed by atoms with Gasteiger partial charge in [-0.05, 0) is 73.5 Å². The van der Waals surface area contributed by atoms with Crippen LogP contribution in [-0.2, 0) is 9.59 Å². The third-order valence-corrected chi connectivity index (χ3v) is 7.02. The number of halogens is 2. The smallest absolute Gasteiger partial charge is 0.232 e. The van der Waals surface area contributed by atoms with Gasteiger partial charge >= 0.3 is 0 Å². The highest BCUT2D eigenvalue weighted by atomic mass is 19.1. The van der Waals surface area contributed by atoms with E-state index in [9.17, 15) is 18.4 Å². The van der Waals surface area contributed by atoms with Crippen LogP contribution in [-0.4, -0.2) is 21.5 Å². The molecular formula is C30H23F2N3O2. The summed E-state index contributed by atoms with van der Waals surface area (Å²) in [6.07, 6.45) is 3.55. The van der Waals surface area contributed by atoms with Crippen molar-refractivity contribution in [3.8, 4) is 16.9 Å². The van der Waals surface area contributed by atoms with Gasteiger partial charge in [-0.2, -0.15) is 5.10 Å². The van der Waals surface area contributed by atoms with Crippen LogP contribution in [0.1, 0.15) is 37.2 Å². The van der Waals surface area contributed by atoms with Gasteiger partial charge in [0.25, 0.3) is 0 Å². The molecule has 1 aliphatic carbocycles. The van der Waals surface area contributed by atoms with Crippen LogP contribution in [0.3, 0.4) is 0 Å². The Hall–Kier alpha value is -4.39. The molecule has 6 rings (SSSR count). The van der Waals surface area contributed by atoms with E-state index in [2.05, 4.69) is 0 Å². The number of amides is 1. The van der Waals surface area contributed by atoms with Crippen molar-refractivity contribution in [1.82, 2.24) is 9.78 Å². The largest absolute Gasteiger partial charge is 0.294 e. The molecule has 3 aromatic carbocycles. The van der Waals surface area contributed by atoms with Crippen LogP contribution in [0.25, 0.3) is 16.9 Å². The molecule has 0 N–H and O–H groups in total. The zero-order valence-corrected chi connectivity index (χ0v) is 19.9. The van der Waals surface area contributed by atoms with Gasteiger partial charge in [-0.3, -0.25) is 14.5 Å². The molecule has 2 heterocycles. The molecule has 37 heavy (non-hydrogen) atoms. The molecule has 0 spiro atoms. The van der Waals surface area contributed by atoms with E-state index in [0.29, 0.717) is 47.5 Å². The van der Waals surface area contributed by atoms with Crippen molar-refractivity contribution < 1.29 is 18.4 Å². The summed E-state index contributed by atoms with van der Waals surface area (Å²) in [5, 5.41) is 4.82. The monoisotopic (exact) mass is 495 g/mol. The van der Waals surface area contributed by atoms with Gasteiger partial charge in [-0.15, -0.1) is 0 Å². The van der Waals surface area contributed by atoms with Gasteiger partial charge in [-0.1, -0.05) is 18.2 Å². The van der Waals surface area contributed by atoms with Crippen LogP contribution in [0.15, 0.2) is 96.3 Å². The fourth-order valence-electron chi connectivity index (χ4n) is 5.34. The Morgan fingerprint density at radius 1 is 0.784 bits per heavy atom. The van der Waals surface area contributed by atoms with Crippen molar-refractivity contribution >= 4 is 17.4 Å². The molecule has 0 saturated heterocycles. The zero-order chi connectivity index (χ0) is 25.5. The Balaban J connectivity index is 1.53. The van der Waals surface area contributed by atoms with Crippen molar-refractivity contribution in [3.05, 3.63) is 114 Å². The number of para-hydroxylation sites is 1. The lowest BCUT2D eigenvalue weighted by molar-refractivity contribution is -0.119. The van der Waals surface area contributed by atoms with Crippen LogP contribution >= 0.6 is 0 Å². The molecule has 184 valence electrons. The maximum absolute atomic E-state index is 13.7. The number of carbonyl (C=O) groups is 2. The predicted molar refractivity (Wildman–Crippen MR) is 136 cm³/mol. The second-order valence-corrected chi connectivity index (χ2v) is 9.32. The predicted octanol–water partition coefficient (Wildman–Crippen LogP) is 6.35. The molecule has 0 saturated carbocycles. The van der Waals surface area contributed by atoms with Gasteiger partial charge in [0.15, 0.2) is 5.78 Å². The molecule has 2 aliphatic rings. The summed E-state index contributed by atoms with van der Waals surface area (Å²) in [7, 11) is 0. The molecule has 0 bridgehead atoms. The van der Waals surface area contributed by atoms with E-state index in [0.717, 1.165) is 11.3 Å². The average Bonchev–Trinajstić information content (AvgIpc) is 3.35. The molecule has 1 aromatic heterocycles. The van der Waals surface area contributed by atoms with E-state index in [4.69, 9.17) is 5.10 Å². The number of hydrogen-bond donors (Lipinski definition) is 0. The molecule has 5 nitrogen and oxygen atoms in total. The van der Waals surface area contributed by atoms with Crippen LogP contribution in [0.5, 0.6) is 0 Å². The molecule has 1 amide bonds. The van der Waals surface area contributed by atoms with Gasteiger partial charge in [0.2, 0.25) is 5.91 Å². The summed E-state index contributed by atoms with van der Waals surface area (Å²) in [6.45, 7) is 0. The standard InChI is InChI=1S/C30H23F2N3O2/c31-20-11-9-19(10-12-20)30-25(18-34(33-30)22-5-2-1-3-6-22)24-17-28(37)35(23-15-13-21(32)14-16-23)26-7-4-8-27(36)29(24)26/h1-3,5-6,9-16,18,24H,4,7-8,17H2. The van der Waals surface area contributed by atoms with Crippen molar-refractivity contribution in [2.45, 2.75) is 31.6 Å². The summed E-state index contributed by atoms with van der Waals surface area (Å²) >= 11 is 0. The number of carbonyl (C=O) groups excluding carboxylic acids is 2. The molecular weight excluding hydrogens is 472 g/mol. The molecule has 7 heteroatoms. The number of anilines is 1. The van der Waals surface area contributed by atoms with Gasteiger partial charge in [-0.25, -0.2) is 13.5 Å². The summed E-state index contributed by atoms with van der Waals surface area (Å²) in [6, 6.07) is 21.4. The van der Waals surface area contributed by atoms with E-state index >= 15 is 0 Å². The van der Waals surface area contributed by atoms with E-state index in [1.807, 2.05) is 36.5 Å². The Morgan fingerprint density at radius 2 is 1.46 bits per heavy atom. The van der Waals surface area contributed by atoms with Crippen molar-refractivity contribution in [2.75, 3.05) is 4.90 Å². The Bertz CT molecular complexity index is 1520. The topological polar surface area (TPSA) is 55.2 Å². The van der Waals surface area contributed by atoms with Crippen LogP contribution in [0, 0.1) is 11.6 Å². The molecule has 0 fully saturated rings. The van der Waals surface area contributed by atoms with Gasteiger partial charge in [0.05, 0.1) is 11.4 Å². The normalized spacial score (nSPS) is 17.8. The van der Waals surface area contributed by atoms with Gasteiger partial charge in [0, 0.05) is 53.0 Å². The van der Waals surface area contributed by atoms with Crippen molar-refractivity contribution in [2.24, 2.45) is 0 Å². The number of ketones is 1. The first-order valence-corrected chi connectivity index (χ1v) is 12.3. The lowest BCUT2D eigenvalue weighted by Gasteiger charge is -2.38. The van der Waals surface area contributed by atoms with E-state index in [-0.39, 0.29) is 23.9 Å². The summed E-state index contributed by atoms with van der Waals surface area (Å²) in [5.74, 6) is -1.41. The molecule has 1 unspecified atom stereocenters. The van der Waals surface area contributed by atoms with E-state index < -0.39 is 11.7 Å². The number of aromatic nitrogens is 2. The highest BCUT2D eigenvalue weighted by molar-refractivity contribution is 6.07. The lowest BCUT2D eigenvalue weighted by Crippen LogP contribution is -2.40. The minimum absolute atomic E-state index is 0.00313. The van der Waals surface area contributed by atoms with Gasteiger partial charge in [0.1, 0.15) is 11.6 Å². The first kappa shape index (κ1) is 23.0. The molecule has 1 aliphatic heterocycles. The van der Waals surface area contributed by atoms with Gasteiger partial charge < -0.3 is 0 Å². The highest BCUT2D eigenvalue weighted by Crippen LogP contribution is 2.45. The van der Waals surface area contributed by atoms with Crippen molar-refractivity contribution in [3.63, 3.8) is 0 Å². The number of rotatable bonds is 4. The fourth-order valence-corrected chi connectivity index (χ4v) is 5.34. The SMILES string of the molecule is O=C1CCCC2=C1C(c1cn(-c3ccccc3)nc1-c1ccc(F)cc1)CC(=O)N2c1ccc(F)cc1. The minimum Gasteiger partial charge on any atom is -0.294 e. The van der Waals surface area contributed by atoms with Crippen molar-refractivity contribution in [1.29, 1.82) is 0 Å². The number of Topliss-reactive ketones (excluding diaryl/α,β-unsaturated/α-hetero) is 1. The van der Waals surface area contributed by atoms with E-state index in [1.165, 1.54) is 24.3 Å². The number of benzene rings is 3. The maximum atomic E-state index is 13.7. The van der Waals surface area contributed by atoms with Crippen LogP contribution in [0.4, 0.5) is 14.5 Å². The average molecular weight is 496 g/mol. The van der Waals surface area contributed by atoms with Crippen LogP contribution in [0.2, 0.25) is 0 Å². The van der Waals surface area contributed by atoms with E-state index in [1.54, 1.807) is 33.8 Å². The summed E-state index contributed by atoms with van der Waals surface area (Å²) in [4.78, 5) is 28.6. The summed E-state index contributed by atoms with van der Waals surface area (Å²) < 4.78 is 29.1. The third-order valence-electron chi connectivity index (χ3n) is 7.02. The maximum Gasteiger partial charge on any atom is 0.232 e. The summed E-state index contributed by atoms with van der Waals surface area (Å²) in [5.41, 5.74) is 4.69. The number of nitrogens with zero attached hydrogens (tertiary/aromatic N) is 3. The molecule has 1 atom stereocenters. The third kappa shape index (κ3) is 4.16. The molecule has 0 radical (unpaired) electrons. The Labute approximate surface area is 212 Å². The zero-order valence-electron chi connectivity index (χ0n) is 19.9. The second kappa shape index (κ2) is 9.24. The second-order valence-electron chi connectivity index (χ2n) is 9.32. The first-order chi connectivity index (χ1) is 18.0. The molecule has 4 aromatic rings. The number of hydrogen-bond acceptors (Lipinski definition) is 3. The van der Waals surface area contributed by atoms with Crippen LogP contribution < -0.4 is 4.90 Å².